The van der Waals surface area contributed by atoms with Crippen molar-refractivity contribution in [3.8, 4) is 0 Å². The number of aromatic nitrogens is 1. The molecule has 0 saturated carbocycles. The maximum Gasteiger partial charge on any atom is 0.180 e. The molecule has 0 fully saturated rings. The van der Waals surface area contributed by atoms with Gasteiger partial charge < -0.3 is 5.32 Å². The van der Waals surface area contributed by atoms with E-state index >= 15 is 0 Å². The van der Waals surface area contributed by atoms with Crippen LogP contribution in [0.25, 0.3) is 0 Å². The number of nitrogens with one attached hydrogen (secondary N) is 1. The summed E-state index contributed by atoms with van der Waals surface area (Å²) in [6, 6.07) is 7.03. The van der Waals surface area contributed by atoms with Gasteiger partial charge in [-0.2, -0.15) is 0 Å². The average Bonchev–Trinajstić information content (AvgIpc) is 2.86. The fourth-order valence-corrected chi connectivity index (χ4v) is 4.38. The Morgan fingerprint density at radius 3 is 2.67 bits per heavy atom. The minimum absolute atomic E-state index is 0.0262. The molecule has 2 rings (SSSR count). The first-order valence-corrected chi connectivity index (χ1v) is 9.41. The van der Waals surface area contributed by atoms with Gasteiger partial charge in [-0.3, -0.25) is 0 Å². The van der Waals surface area contributed by atoms with E-state index in [2.05, 4.69) is 10.3 Å². The van der Waals surface area contributed by atoms with E-state index in [1.165, 1.54) is 0 Å². The van der Waals surface area contributed by atoms with Gasteiger partial charge in [0.2, 0.25) is 0 Å². The number of thiazole rings is 1. The fraction of sp³-hybridized carbons (Fsp3) is 0.400. The van der Waals surface area contributed by atoms with Crippen LogP contribution in [0.1, 0.15) is 36.2 Å². The standard InChI is InChI=1S/C15H20N2O2S2/c1-4-9-21(18,19)14-8-6-5-7-13(14)17-12(3)15-16-10-11(2)20-15/h5-8,10,12,17H,4,9H2,1-3H3. The summed E-state index contributed by atoms with van der Waals surface area (Å²) in [7, 11) is -3.24. The molecule has 1 heterocycles. The lowest BCUT2D eigenvalue weighted by Gasteiger charge is -2.16. The van der Waals surface area contributed by atoms with Crippen LogP contribution < -0.4 is 5.32 Å². The highest BCUT2D eigenvalue weighted by molar-refractivity contribution is 7.91. The van der Waals surface area contributed by atoms with Crippen molar-refractivity contribution in [1.29, 1.82) is 0 Å². The molecule has 6 heteroatoms. The summed E-state index contributed by atoms with van der Waals surface area (Å²) in [5.74, 6) is 0.163. The van der Waals surface area contributed by atoms with Gasteiger partial charge in [0.15, 0.2) is 9.84 Å². The Morgan fingerprint density at radius 2 is 2.05 bits per heavy atom. The smallest absolute Gasteiger partial charge is 0.180 e. The zero-order chi connectivity index (χ0) is 15.5. The van der Waals surface area contributed by atoms with Gasteiger partial charge in [0, 0.05) is 11.1 Å². The van der Waals surface area contributed by atoms with Crippen LogP contribution in [0.2, 0.25) is 0 Å². The first-order valence-electron chi connectivity index (χ1n) is 6.94. The number of hydrogen-bond acceptors (Lipinski definition) is 5. The van der Waals surface area contributed by atoms with Crippen LogP contribution in [0, 0.1) is 6.92 Å². The molecule has 21 heavy (non-hydrogen) atoms. The van der Waals surface area contributed by atoms with Crippen LogP contribution in [-0.4, -0.2) is 19.2 Å². The van der Waals surface area contributed by atoms with Gasteiger partial charge in [-0.05, 0) is 32.4 Å². The molecule has 1 N–H and O–H groups in total. The number of hydrogen-bond donors (Lipinski definition) is 1. The normalized spacial score (nSPS) is 13.1. The van der Waals surface area contributed by atoms with Gasteiger partial charge in [0.05, 0.1) is 22.4 Å². The minimum atomic E-state index is -3.24. The first kappa shape index (κ1) is 16.0. The number of anilines is 1. The van der Waals surface area contributed by atoms with Crippen LogP contribution in [0.15, 0.2) is 35.4 Å². The van der Waals surface area contributed by atoms with Crippen molar-refractivity contribution in [2.45, 2.75) is 38.1 Å². The molecule has 1 aromatic carbocycles. The number of rotatable bonds is 6. The van der Waals surface area contributed by atoms with Crippen molar-refractivity contribution in [2.75, 3.05) is 11.1 Å². The Morgan fingerprint density at radius 1 is 1.33 bits per heavy atom. The summed E-state index contributed by atoms with van der Waals surface area (Å²) < 4.78 is 24.6. The zero-order valence-corrected chi connectivity index (χ0v) is 14.1. The van der Waals surface area contributed by atoms with Crippen molar-refractivity contribution in [3.05, 3.63) is 40.3 Å². The molecule has 0 aliphatic carbocycles. The summed E-state index contributed by atoms with van der Waals surface area (Å²) in [6.07, 6.45) is 2.44. The second-order valence-corrected chi connectivity index (χ2v) is 8.33. The molecule has 1 atom stereocenters. The summed E-state index contributed by atoms with van der Waals surface area (Å²) in [5, 5.41) is 4.23. The van der Waals surface area contributed by atoms with E-state index in [9.17, 15) is 8.42 Å². The monoisotopic (exact) mass is 324 g/mol. The Bertz CT molecular complexity index is 708. The largest absolute Gasteiger partial charge is 0.375 e. The second kappa shape index (κ2) is 6.58. The number of para-hydroxylation sites is 1. The van der Waals surface area contributed by atoms with Crippen LogP contribution >= 0.6 is 11.3 Å². The van der Waals surface area contributed by atoms with E-state index < -0.39 is 9.84 Å². The van der Waals surface area contributed by atoms with Crippen LogP contribution in [0.4, 0.5) is 5.69 Å². The highest BCUT2D eigenvalue weighted by Crippen LogP contribution is 2.28. The van der Waals surface area contributed by atoms with Gasteiger partial charge in [-0.25, -0.2) is 13.4 Å². The van der Waals surface area contributed by atoms with E-state index in [0.717, 1.165) is 9.88 Å². The summed E-state index contributed by atoms with van der Waals surface area (Å²) in [4.78, 5) is 5.86. The third-order valence-corrected chi connectivity index (χ3v) is 6.14. The molecule has 114 valence electrons. The quantitative estimate of drug-likeness (QED) is 0.878. The minimum Gasteiger partial charge on any atom is -0.375 e. The third-order valence-electron chi connectivity index (χ3n) is 3.08. The molecule has 0 radical (unpaired) electrons. The molecule has 2 aromatic rings. The molecule has 0 saturated heterocycles. The Balaban J connectivity index is 2.29. The lowest BCUT2D eigenvalue weighted by atomic mass is 10.2. The van der Waals surface area contributed by atoms with Gasteiger partial charge in [-0.15, -0.1) is 11.3 Å². The molecule has 0 aliphatic rings. The lowest BCUT2D eigenvalue weighted by molar-refractivity contribution is 0.595. The predicted octanol–water partition coefficient (Wildman–Crippen LogP) is 3.81. The third kappa shape index (κ3) is 3.83. The van der Waals surface area contributed by atoms with Crippen LogP contribution in [0.3, 0.4) is 0 Å². The van der Waals surface area contributed by atoms with E-state index in [0.29, 0.717) is 17.0 Å². The van der Waals surface area contributed by atoms with Gasteiger partial charge in [0.1, 0.15) is 5.01 Å². The molecule has 0 amide bonds. The predicted molar refractivity (Wildman–Crippen MR) is 87.7 cm³/mol. The highest BCUT2D eigenvalue weighted by atomic mass is 32.2. The zero-order valence-electron chi connectivity index (χ0n) is 12.5. The Hall–Kier alpha value is -1.40. The SMILES string of the molecule is CCCS(=O)(=O)c1ccccc1NC(C)c1ncc(C)s1. The number of nitrogens with zero attached hydrogens (tertiary/aromatic N) is 1. The van der Waals surface area contributed by atoms with Crippen LogP contribution in [0.5, 0.6) is 0 Å². The van der Waals surface area contributed by atoms with E-state index in [-0.39, 0.29) is 11.8 Å². The highest BCUT2D eigenvalue weighted by Gasteiger charge is 2.19. The molecule has 4 nitrogen and oxygen atoms in total. The topological polar surface area (TPSA) is 59.1 Å². The van der Waals surface area contributed by atoms with E-state index in [4.69, 9.17) is 0 Å². The van der Waals surface area contributed by atoms with Gasteiger partial charge in [-0.1, -0.05) is 19.1 Å². The maximum absolute atomic E-state index is 12.3. The molecular formula is C15H20N2O2S2. The molecule has 0 spiro atoms. The second-order valence-electron chi connectivity index (χ2n) is 4.99. The molecular weight excluding hydrogens is 304 g/mol. The van der Waals surface area contributed by atoms with Crippen molar-refractivity contribution in [1.82, 2.24) is 4.98 Å². The van der Waals surface area contributed by atoms with Crippen molar-refractivity contribution < 1.29 is 8.42 Å². The molecule has 0 bridgehead atoms. The Kier molecular flexibility index (Phi) is 5.00. The summed E-state index contributed by atoms with van der Waals surface area (Å²) in [5.41, 5.74) is 0.645. The van der Waals surface area contributed by atoms with Crippen molar-refractivity contribution >= 4 is 26.9 Å². The van der Waals surface area contributed by atoms with Gasteiger partial charge >= 0.3 is 0 Å². The molecule has 1 unspecified atom stereocenters. The summed E-state index contributed by atoms with van der Waals surface area (Å²) in [6.45, 7) is 5.86. The average molecular weight is 324 g/mol. The van der Waals surface area contributed by atoms with E-state index in [1.807, 2.05) is 33.0 Å². The lowest BCUT2D eigenvalue weighted by Crippen LogP contribution is -2.12. The van der Waals surface area contributed by atoms with Crippen molar-refractivity contribution in [2.24, 2.45) is 0 Å². The van der Waals surface area contributed by atoms with E-state index in [1.54, 1.807) is 29.5 Å². The summed E-state index contributed by atoms with van der Waals surface area (Å²) >= 11 is 1.62. The first-order chi connectivity index (χ1) is 9.94. The number of benzene rings is 1. The fourth-order valence-electron chi connectivity index (χ4n) is 2.10. The molecule has 0 aliphatic heterocycles. The van der Waals surface area contributed by atoms with Gasteiger partial charge in [0.25, 0.3) is 0 Å². The molecule has 1 aromatic heterocycles. The Labute approximate surface area is 130 Å². The number of aryl methyl sites for hydroxylation is 1. The maximum atomic E-state index is 12.3. The van der Waals surface area contributed by atoms with Crippen molar-refractivity contribution in [3.63, 3.8) is 0 Å². The van der Waals surface area contributed by atoms with Crippen LogP contribution in [-0.2, 0) is 9.84 Å². The number of sulfone groups is 1.